The standard InChI is InChI=1S/C70H127N13O14/c1-24-51-66(90)76(18)49(15)65(89)81(23)57(50(16)96-35-29-28-32-82-33-36-95-37-34-82)62(86)75-55(44(8)9)69(93)77(19)52(38-41(2)3)61(85)72-47(13)60(84)73-48(14)64(88)78(20)53(39-42(4)5)67(91)79(21)54(40-43(6)7)68(92)80(22)56(45(10)11)70(94)83-58(63(87)74-51)59(97-83)46(12)30-26-25-27-31-71-17/h41-59,71H,24-40H2,1-23H3,(H,72,85)(H,73,84)(H,74,87)(H,75,86)/t46-,47+,48-,49-,50-,51+,52+,53+,54+,55+,56+,57+,58+,59-/m1/s1. The average Bonchev–Trinajstić information content (AvgIpc) is 0.755. The van der Waals surface area contributed by atoms with E-state index in [0.29, 0.717) is 26.1 Å². The number of amides is 11. The number of likely N-dealkylation sites (N-methyl/N-ethyl adjacent to an activating group) is 6. The molecule has 0 saturated carbocycles. The molecule has 3 heterocycles. The van der Waals surface area contributed by atoms with Crippen molar-refractivity contribution in [3.63, 3.8) is 0 Å². The molecule has 0 spiro atoms. The normalized spacial score (nSPS) is 28.0. The van der Waals surface area contributed by atoms with E-state index in [1.807, 2.05) is 55.5 Å². The molecule has 27 nitrogen and oxygen atoms in total. The Kier molecular flexibility index (Phi) is 35.4. The monoisotopic (exact) mass is 1370 g/mol. The molecule has 3 fully saturated rings. The topological polar surface area (TPSA) is 302 Å². The lowest BCUT2D eigenvalue weighted by molar-refractivity contribution is -0.322. The first kappa shape index (κ1) is 85.2. The van der Waals surface area contributed by atoms with E-state index in [0.717, 1.165) is 56.9 Å². The van der Waals surface area contributed by atoms with Crippen LogP contribution >= 0.6 is 0 Å². The third-order valence-corrected chi connectivity index (χ3v) is 19.3. The molecular weight excluding hydrogens is 1250 g/mol. The number of hydroxylamine groups is 2. The van der Waals surface area contributed by atoms with Crippen LogP contribution < -0.4 is 26.6 Å². The van der Waals surface area contributed by atoms with Crippen LogP contribution in [0.3, 0.4) is 0 Å². The summed E-state index contributed by atoms with van der Waals surface area (Å²) in [5.41, 5.74) is 0. The SMILES string of the molecule is CC[C@@H]1NC(=O)[C@@H]2[C@@H]([C@H](C)CCCCCNC)ON2C(=O)[C@H](C(C)C)N(C)C(=O)[C@H](CC(C)C)N(C)C(=O)[C@H](CC(C)C)N(C)C(=O)[C@@H](C)NC(=O)[C@H](C)NC(=O)[C@H](CC(C)C)N(C)C(=O)[C@H](C(C)C)NC(=O)[C@H]([C@@H](C)OCCCCN2CCOCC2)N(C)C(=O)[C@@H](C)N(C)C1=O. The van der Waals surface area contributed by atoms with Crippen molar-refractivity contribution in [1.82, 2.24) is 65.9 Å². The molecule has 97 heavy (non-hydrogen) atoms. The Labute approximate surface area is 580 Å². The molecule has 0 aliphatic carbocycles. The van der Waals surface area contributed by atoms with Crippen LogP contribution in [0.1, 0.15) is 175 Å². The fraction of sp³-hybridized carbons (Fsp3) is 0.843. The summed E-state index contributed by atoms with van der Waals surface area (Å²) in [5.74, 6) is -9.13. The Hall–Kier alpha value is -6.03. The van der Waals surface area contributed by atoms with Gasteiger partial charge in [0.25, 0.3) is 5.91 Å². The lowest BCUT2D eigenvalue weighted by atomic mass is 9.88. The number of nitrogens with one attached hydrogen (secondary N) is 5. The summed E-state index contributed by atoms with van der Waals surface area (Å²) >= 11 is 0. The van der Waals surface area contributed by atoms with E-state index in [1.54, 1.807) is 41.5 Å². The minimum absolute atomic E-state index is 0.0590. The zero-order valence-electron chi connectivity index (χ0n) is 63.3. The molecule has 0 radical (unpaired) electrons. The molecule has 0 aromatic carbocycles. The fourth-order valence-electron chi connectivity index (χ4n) is 13.0. The number of fused-ring (bicyclic) bond motifs is 1. The summed E-state index contributed by atoms with van der Waals surface area (Å²) in [6.45, 7) is 32.8. The molecule has 556 valence electrons. The van der Waals surface area contributed by atoms with Crippen LogP contribution in [0.15, 0.2) is 0 Å². The van der Waals surface area contributed by atoms with Crippen molar-refractivity contribution < 1.29 is 67.1 Å². The summed E-state index contributed by atoms with van der Waals surface area (Å²) in [5, 5.41) is 15.4. The number of morpholine rings is 1. The largest absolute Gasteiger partial charge is 0.379 e. The van der Waals surface area contributed by atoms with Gasteiger partial charge in [-0.15, -0.1) is 0 Å². The number of carbonyl (C=O) groups is 11. The van der Waals surface area contributed by atoms with Gasteiger partial charge in [-0.25, -0.2) is 5.06 Å². The molecule has 14 atom stereocenters. The molecule has 5 N–H and O–H groups in total. The van der Waals surface area contributed by atoms with Gasteiger partial charge in [-0.3, -0.25) is 62.5 Å². The smallest absolute Gasteiger partial charge is 0.270 e. The maximum Gasteiger partial charge on any atom is 0.270 e. The Morgan fingerprint density at radius 1 is 0.505 bits per heavy atom. The van der Waals surface area contributed by atoms with Crippen molar-refractivity contribution in [2.45, 2.75) is 254 Å². The number of nitrogens with zero attached hydrogens (tertiary/aromatic N) is 8. The highest BCUT2D eigenvalue weighted by molar-refractivity contribution is 6.00. The van der Waals surface area contributed by atoms with Gasteiger partial charge in [-0.2, -0.15) is 0 Å². The molecule has 3 saturated heterocycles. The first-order valence-electron chi connectivity index (χ1n) is 35.8. The third kappa shape index (κ3) is 23.8. The Bertz CT molecular complexity index is 2600. The molecule has 0 bridgehead atoms. The van der Waals surface area contributed by atoms with Gasteiger partial charge in [0.15, 0.2) is 6.04 Å². The van der Waals surface area contributed by atoms with E-state index in [9.17, 15) is 28.8 Å². The number of hydrogen-bond donors (Lipinski definition) is 5. The summed E-state index contributed by atoms with van der Waals surface area (Å²) in [4.78, 5) is 180. The Balaban J connectivity index is 2.29. The van der Waals surface area contributed by atoms with Gasteiger partial charge >= 0.3 is 0 Å². The highest BCUT2D eigenvalue weighted by Crippen LogP contribution is 2.34. The van der Waals surface area contributed by atoms with Crippen molar-refractivity contribution in [3.8, 4) is 0 Å². The zero-order chi connectivity index (χ0) is 73.6. The molecular formula is C70H127N13O14. The van der Waals surface area contributed by atoms with Crippen molar-refractivity contribution in [2.24, 2.45) is 35.5 Å². The minimum Gasteiger partial charge on any atom is -0.379 e. The van der Waals surface area contributed by atoms with Crippen LogP contribution in [0.2, 0.25) is 0 Å². The van der Waals surface area contributed by atoms with Crippen LogP contribution in [-0.4, -0.2) is 278 Å². The van der Waals surface area contributed by atoms with E-state index in [4.69, 9.17) is 14.3 Å². The maximum absolute atomic E-state index is 15.3. The molecule has 0 aromatic rings. The first-order valence-corrected chi connectivity index (χ1v) is 35.8. The van der Waals surface area contributed by atoms with Crippen LogP contribution in [-0.2, 0) is 67.1 Å². The number of rotatable bonds is 23. The zero-order valence-corrected chi connectivity index (χ0v) is 63.3. The lowest BCUT2D eigenvalue weighted by Crippen LogP contribution is -2.72. The van der Waals surface area contributed by atoms with Gasteiger partial charge in [-0.05, 0) is 135 Å². The van der Waals surface area contributed by atoms with Crippen LogP contribution in [0, 0.1) is 35.5 Å². The van der Waals surface area contributed by atoms with E-state index in [2.05, 4.69) is 31.5 Å². The lowest BCUT2D eigenvalue weighted by Gasteiger charge is -2.50. The summed E-state index contributed by atoms with van der Waals surface area (Å²) in [6.07, 6.45) is 3.40. The number of hydrogen-bond acceptors (Lipinski definition) is 16. The predicted molar refractivity (Wildman–Crippen MR) is 371 cm³/mol. The average molecular weight is 1370 g/mol. The summed E-state index contributed by atoms with van der Waals surface area (Å²) in [6, 6.07) is -13.5. The number of carbonyl (C=O) groups excluding carboxylic acids is 11. The number of ether oxygens (including phenoxy) is 2. The Morgan fingerprint density at radius 3 is 1.57 bits per heavy atom. The highest BCUT2D eigenvalue weighted by atomic mass is 16.7. The van der Waals surface area contributed by atoms with E-state index in [-0.39, 0.29) is 56.0 Å². The van der Waals surface area contributed by atoms with Crippen molar-refractivity contribution >= 4 is 65.0 Å². The van der Waals surface area contributed by atoms with Gasteiger partial charge in [0, 0.05) is 62.0 Å². The molecule has 3 aliphatic rings. The molecule has 3 rings (SSSR count). The fourth-order valence-corrected chi connectivity index (χ4v) is 13.0. The van der Waals surface area contributed by atoms with Gasteiger partial charge in [0.1, 0.15) is 66.5 Å². The molecule has 0 unspecified atom stereocenters. The summed E-state index contributed by atoms with van der Waals surface area (Å²) in [7, 11) is 10.6. The second-order valence-electron chi connectivity index (χ2n) is 29.4. The molecule has 3 aliphatic heterocycles. The van der Waals surface area contributed by atoms with E-state index < -0.39 is 155 Å². The molecule has 27 heteroatoms. The maximum atomic E-state index is 15.3. The second-order valence-corrected chi connectivity index (χ2v) is 29.4. The second kappa shape index (κ2) is 40.3. The summed E-state index contributed by atoms with van der Waals surface area (Å²) < 4.78 is 11.9. The van der Waals surface area contributed by atoms with E-state index in [1.165, 1.54) is 92.5 Å². The van der Waals surface area contributed by atoms with Gasteiger partial charge < -0.3 is 65.5 Å². The van der Waals surface area contributed by atoms with Crippen LogP contribution in [0.5, 0.6) is 0 Å². The van der Waals surface area contributed by atoms with Crippen molar-refractivity contribution in [3.05, 3.63) is 0 Å². The highest BCUT2D eigenvalue weighted by Gasteiger charge is 2.55. The van der Waals surface area contributed by atoms with Crippen LogP contribution in [0.4, 0.5) is 0 Å². The minimum atomic E-state index is -1.38. The van der Waals surface area contributed by atoms with Crippen LogP contribution in [0.25, 0.3) is 0 Å². The van der Waals surface area contributed by atoms with Gasteiger partial charge in [0.2, 0.25) is 59.1 Å². The van der Waals surface area contributed by atoms with Gasteiger partial charge in [0.05, 0.1) is 19.3 Å². The first-order chi connectivity index (χ1) is 45.4. The van der Waals surface area contributed by atoms with E-state index >= 15 is 24.0 Å². The van der Waals surface area contributed by atoms with Gasteiger partial charge in [-0.1, -0.05) is 95.9 Å². The van der Waals surface area contributed by atoms with Crippen molar-refractivity contribution in [2.75, 3.05) is 95.3 Å². The third-order valence-electron chi connectivity index (χ3n) is 19.3. The quantitative estimate of drug-likeness (QED) is 0.0918. The van der Waals surface area contributed by atoms with Crippen molar-refractivity contribution in [1.29, 1.82) is 0 Å². The number of unbranched alkanes of at least 4 members (excludes halogenated alkanes) is 3. The predicted octanol–water partition coefficient (Wildman–Crippen LogP) is 3.27. The molecule has 11 amide bonds. The molecule has 0 aromatic heterocycles. The Morgan fingerprint density at radius 2 is 1.03 bits per heavy atom.